The minimum absolute atomic E-state index is 0.473. The van der Waals surface area contributed by atoms with Crippen LogP contribution in [0, 0.1) is 6.57 Å². The molecule has 1 aromatic heterocycles. The smallest absolute Gasteiger partial charge is 0.213 e. The van der Waals surface area contributed by atoms with Gasteiger partial charge >= 0.3 is 0 Å². The fraction of sp³-hybridized carbons (Fsp3) is 0. The van der Waals surface area contributed by atoms with Gasteiger partial charge in [-0.05, 0) is 39.7 Å². The van der Waals surface area contributed by atoms with Crippen LogP contribution in [0.3, 0.4) is 0 Å². The molecular formula is C11H5BrCl2N2. The molecule has 80 valence electrons. The highest BCUT2D eigenvalue weighted by molar-refractivity contribution is 9.10. The Morgan fingerprint density at radius 3 is 2.56 bits per heavy atom. The quantitative estimate of drug-likeness (QED) is 0.689. The second kappa shape index (κ2) is 4.50. The first-order chi connectivity index (χ1) is 7.61. The number of benzene rings is 1. The van der Waals surface area contributed by atoms with Crippen LogP contribution in [-0.2, 0) is 0 Å². The Hall–Kier alpha value is -0.950. The van der Waals surface area contributed by atoms with Crippen molar-refractivity contribution in [2.75, 3.05) is 0 Å². The van der Waals surface area contributed by atoms with E-state index in [1.54, 1.807) is 18.2 Å². The lowest BCUT2D eigenvalue weighted by molar-refractivity contribution is 1.36. The van der Waals surface area contributed by atoms with Crippen LogP contribution in [0.25, 0.3) is 16.1 Å². The summed E-state index contributed by atoms with van der Waals surface area (Å²) >= 11 is 15.1. The summed E-state index contributed by atoms with van der Waals surface area (Å²) in [7, 11) is 0. The van der Waals surface area contributed by atoms with Gasteiger partial charge < -0.3 is 4.98 Å². The van der Waals surface area contributed by atoms with Crippen LogP contribution in [0.5, 0.6) is 0 Å². The summed E-state index contributed by atoms with van der Waals surface area (Å²) in [5.41, 5.74) is 2.12. The van der Waals surface area contributed by atoms with E-state index in [2.05, 4.69) is 25.8 Å². The second-order valence-electron chi connectivity index (χ2n) is 3.12. The van der Waals surface area contributed by atoms with Crippen molar-refractivity contribution >= 4 is 44.8 Å². The van der Waals surface area contributed by atoms with Crippen LogP contribution in [-0.4, -0.2) is 4.98 Å². The number of hydrogen-bond donors (Lipinski definition) is 1. The highest BCUT2D eigenvalue weighted by atomic mass is 79.9. The van der Waals surface area contributed by atoms with Crippen molar-refractivity contribution in [1.82, 2.24) is 4.98 Å². The highest BCUT2D eigenvalue weighted by Gasteiger charge is 2.10. The Bertz CT molecular complexity index is 584. The predicted octanol–water partition coefficient (Wildman–Crippen LogP) is 5.30. The third kappa shape index (κ3) is 2.10. The average Bonchev–Trinajstić information content (AvgIpc) is 2.63. The first kappa shape index (κ1) is 11.5. The van der Waals surface area contributed by atoms with Crippen LogP contribution in [0.2, 0.25) is 10.0 Å². The van der Waals surface area contributed by atoms with Crippen LogP contribution in [0.1, 0.15) is 0 Å². The van der Waals surface area contributed by atoms with Crippen molar-refractivity contribution in [3.63, 3.8) is 0 Å². The van der Waals surface area contributed by atoms with Crippen molar-refractivity contribution in [2.45, 2.75) is 0 Å². The summed E-state index contributed by atoms with van der Waals surface area (Å²) in [4.78, 5) is 6.49. The zero-order valence-corrected chi connectivity index (χ0v) is 11.0. The molecule has 0 radical (unpaired) electrons. The van der Waals surface area contributed by atoms with E-state index >= 15 is 0 Å². The highest BCUT2D eigenvalue weighted by Crippen LogP contribution is 2.35. The third-order valence-corrected chi connectivity index (χ3v) is 3.26. The molecule has 1 heterocycles. The molecule has 1 aromatic carbocycles. The topological polar surface area (TPSA) is 20.1 Å². The molecule has 1 N–H and O–H groups in total. The van der Waals surface area contributed by atoms with E-state index in [-0.39, 0.29) is 0 Å². The Labute approximate surface area is 111 Å². The van der Waals surface area contributed by atoms with Crippen molar-refractivity contribution in [3.05, 3.63) is 50.3 Å². The van der Waals surface area contributed by atoms with E-state index in [0.29, 0.717) is 15.7 Å². The third-order valence-electron chi connectivity index (χ3n) is 2.09. The number of halogens is 3. The van der Waals surface area contributed by atoms with Gasteiger partial charge in [0.05, 0.1) is 26.9 Å². The van der Waals surface area contributed by atoms with Crippen molar-refractivity contribution < 1.29 is 0 Å². The van der Waals surface area contributed by atoms with Crippen LogP contribution in [0.15, 0.2) is 28.9 Å². The fourth-order valence-electron chi connectivity index (χ4n) is 1.37. The molecular weight excluding hydrogens is 311 g/mol. The molecule has 0 atom stereocenters. The Kier molecular flexibility index (Phi) is 3.25. The number of aromatic nitrogens is 1. The van der Waals surface area contributed by atoms with E-state index in [9.17, 15) is 0 Å². The van der Waals surface area contributed by atoms with Crippen LogP contribution >= 0.6 is 39.1 Å². The molecule has 0 saturated heterocycles. The van der Waals surface area contributed by atoms with Crippen LogP contribution in [0.4, 0.5) is 5.69 Å². The first-order valence-electron chi connectivity index (χ1n) is 4.33. The second-order valence-corrected chi connectivity index (χ2v) is 4.79. The summed E-state index contributed by atoms with van der Waals surface area (Å²) in [5.74, 6) is 0. The van der Waals surface area contributed by atoms with Crippen LogP contribution < -0.4 is 0 Å². The minimum atomic E-state index is 0.473. The molecule has 0 aliphatic heterocycles. The predicted molar refractivity (Wildman–Crippen MR) is 70.2 cm³/mol. The molecule has 0 bridgehead atoms. The van der Waals surface area contributed by atoms with Gasteiger partial charge in [0, 0.05) is 0 Å². The zero-order chi connectivity index (χ0) is 11.7. The Morgan fingerprint density at radius 2 is 1.94 bits per heavy atom. The molecule has 0 unspecified atom stereocenters. The summed E-state index contributed by atoms with van der Waals surface area (Å²) in [6.45, 7) is 7.07. The lowest BCUT2D eigenvalue weighted by Gasteiger charge is -2.02. The zero-order valence-electron chi connectivity index (χ0n) is 7.89. The maximum absolute atomic E-state index is 7.07. The number of H-pyrrole nitrogens is 1. The lowest BCUT2D eigenvalue weighted by Crippen LogP contribution is -1.78. The molecule has 0 saturated carbocycles. The molecule has 5 heteroatoms. The van der Waals surface area contributed by atoms with E-state index in [1.165, 1.54) is 0 Å². The van der Waals surface area contributed by atoms with Crippen molar-refractivity contribution in [3.8, 4) is 11.3 Å². The van der Waals surface area contributed by atoms with Crippen molar-refractivity contribution in [2.24, 2.45) is 0 Å². The van der Waals surface area contributed by atoms with E-state index < -0.39 is 0 Å². The lowest BCUT2D eigenvalue weighted by atomic mass is 10.1. The van der Waals surface area contributed by atoms with Gasteiger partial charge in [-0.3, -0.25) is 0 Å². The van der Waals surface area contributed by atoms with Gasteiger partial charge in [0.2, 0.25) is 5.69 Å². The molecule has 0 amide bonds. The maximum Gasteiger partial charge on any atom is 0.213 e. The molecule has 2 aromatic rings. The molecule has 16 heavy (non-hydrogen) atoms. The molecule has 2 rings (SSSR count). The normalized spacial score (nSPS) is 10.1. The average molecular weight is 316 g/mol. The molecule has 0 aliphatic rings. The summed E-state index contributed by atoms with van der Waals surface area (Å²) in [6.07, 6.45) is 0. The number of hydrogen-bond acceptors (Lipinski definition) is 0. The maximum atomic E-state index is 7.07. The number of aromatic amines is 1. The van der Waals surface area contributed by atoms with E-state index in [1.807, 2.05) is 6.07 Å². The standard InChI is InChI=1S/C11H5BrCl2N2/c1-15-9-5-10(12)16-11(9)6-2-3-7(13)8(14)4-6/h2-5,16H. The van der Waals surface area contributed by atoms with E-state index in [0.717, 1.165) is 15.9 Å². The largest absolute Gasteiger partial charge is 0.360 e. The van der Waals surface area contributed by atoms with Crippen molar-refractivity contribution in [1.29, 1.82) is 0 Å². The molecule has 0 spiro atoms. The number of nitrogens with one attached hydrogen (secondary N) is 1. The van der Waals surface area contributed by atoms with Gasteiger partial charge in [-0.25, -0.2) is 4.85 Å². The van der Waals surface area contributed by atoms with Gasteiger partial charge in [0.25, 0.3) is 0 Å². The van der Waals surface area contributed by atoms with E-state index in [4.69, 9.17) is 29.8 Å². The minimum Gasteiger partial charge on any atom is -0.360 e. The van der Waals surface area contributed by atoms with Gasteiger partial charge in [-0.1, -0.05) is 29.3 Å². The number of rotatable bonds is 1. The first-order valence-corrected chi connectivity index (χ1v) is 5.88. The summed E-state index contributed by atoms with van der Waals surface area (Å²) in [5, 5.41) is 0.973. The Morgan fingerprint density at radius 1 is 1.19 bits per heavy atom. The molecule has 0 aliphatic carbocycles. The molecule has 0 fully saturated rings. The van der Waals surface area contributed by atoms with Gasteiger partial charge in [-0.2, -0.15) is 0 Å². The summed E-state index contributed by atoms with van der Waals surface area (Å²) in [6, 6.07) is 6.99. The number of nitrogens with zero attached hydrogens (tertiary/aromatic N) is 1. The fourth-order valence-corrected chi connectivity index (χ4v) is 2.08. The monoisotopic (exact) mass is 314 g/mol. The van der Waals surface area contributed by atoms with Gasteiger partial charge in [-0.15, -0.1) is 0 Å². The SMILES string of the molecule is [C-]#[N+]c1cc(Br)[nH]c1-c1ccc(Cl)c(Cl)c1. The molecule has 2 nitrogen and oxygen atoms in total. The summed E-state index contributed by atoms with van der Waals surface area (Å²) < 4.78 is 0.763. The van der Waals surface area contributed by atoms with Gasteiger partial charge in [0.1, 0.15) is 0 Å². The van der Waals surface area contributed by atoms with Gasteiger partial charge in [0.15, 0.2) is 0 Å². The Balaban J connectivity index is 2.59.